The van der Waals surface area contributed by atoms with Gasteiger partial charge in [0.2, 0.25) is 5.91 Å². The Hall–Kier alpha value is -2.93. The van der Waals surface area contributed by atoms with Crippen LogP contribution in [-0.2, 0) is 4.79 Å². The average molecular weight is 400 g/mol. The summed E-state index contributed by atoms with van der Waals surface area (Å²) in [6.07, 6.45) is 0. The van der Waals surface area contributed by atoms with Crippen LogP contribution < -0.4 is 20.3 Å². The molecule has 0 unspecified atom stereocenters. The highest BCUT2D eigenvalue weighted by Gasteiger charge is 2.09. The predicted octanol–water partition coefficient (Wildman–Crippen LogP) is 3.83. The number of thiocarbonyl (C=S) groups is 1. The highest BCUT2D eigenvalue weighted by Crippen LogP contribution is 2.17. The summed E-state index contributed by atoms with van der Waals surface area (Å²) < 4.78 is 5.61. The fraction of sp³-hybridized carbons (Fsp3) is 0.286. The number of nitrogens with zero attached hydrogens (tertiary/aromatic N) is 1. The maximum atomic E-state index is 12.3. The molecule has 7 heteroatoms. The highest BCUT2D eigenvalue weighted by atomic mass is 32.1. The number of benzene rings is 2. The number of amides is 2. The zero-order valence-electron chi connectivity index (χ0n) is 16.5. The van der Waals surface area contributed by atoms with Gasteiger partial charge >= 0.3 is 0 Å². The molecule has 148 valence electrons. The van der Waals surface area contributed by atoms with E-state index < -0.39 is 0 Å². The van der Waals surface area contributed by atoms with Crippen molar-refractivity contribution >= 4 is 40.5 Å². The molecule has 0 saturated carbocycles. The highest BCUT2D eigenvalue weighted by molar-refractivity contribution is 7.80. The van der Waals surface area contributed by atoms with Crippen LogP contribution in [0.3, 0.4) is 0 Å². The Morgan fingerprint density at radius 3 is 2.21 bits per heavy atom. The third-order valence-corrected chi connectivity index (χ3v) is 4.12. The fourth-order valence-corrected chi connectivity index (χ4v) is 2.46. The van der Waals surface area contributed by atoms with Crippen molar-refractivity contribution in [1.29, 1.82) is 0 Å². The molecule has 0 aromatic heterocycles. The van der Waals surface area contributed by atoms with Gasteiger partial charge in [0.1, 0.15) is 5.75 Å². The summed E-state index contributed by atoms with van der Waals surface area (Å²) in [4.78, 5) is 25.2. The van der Waals surface area contributed by atoms with Gasteiger partial charge in [-0.1, -0.05) is 13.8 Å². The van der Waals surface area contributed by atoms with Crippen LogP contribution in [0.1, 0.15) is 31.1 Å². The Morgan fingerprint density at radius 1 is 1.07 bits per heavy atom. The second-order valence-electron chi connectivity index (χ2n) is 6.76. The smallest absolute Gasteiger partial charge is 0.257 e. The first-order valence-electron chi connectivity index (χ1n) is 8.96. The van der Waals surface area contributed by atoms with E-state index in [0.29, 0.717) is 23.8 Å². The topological polar surface area (TPSA) is 70.7 Å². The van der Waals surface area contributed by atoms with Crippen LogP contribution in [-0.4, -0.2) is 30.6 Å². The van der Waals surface area contributed by atoms with Gasteiger partial charge in [-0.25, -0.2) is 0 Å². The molecule has 0 aliphatic carbocycles. The molecule has 6 nitrogen and oxygen atoms in total. The number of ether oxygens (including phenoxy) is 1. The van der Waals surface area contributed by atoms with Crippen molar-refractivity contribution < 1.29 is 14.3 Å². The monoisotopic (exact) mass is 399 g/mol. The van der Waals surface area contributed by atoms with Gasteiger partial charge in [-0.3, -0.25) is 14.9 Å². The zero-order valence-corrected chi connectivity index (χ0v) is 17.3. The first-order chi connectivity index (χ1) is 13.3. The van der Waals surface area contributed by atoms with Crippen molar-refractivity contribution in [3.63, 3.8) is 0 Å². The average Bonchev–Trinajstić information content (AvgIpc) is 2.66. The Labute approximate surface area is 170 Å². The van der Waals surface area contributed by atoms with Crippen LogP contribution in [0, 0.1) is 5.92 Å². The number of carbonyl (C=O) groups is 2. The SMILES string of the molecule is CC(=O)N(C)c1ccc(NC(=S)NC(=O)c2ccc(OCC(C)C)cc2)cc1. The third kappa shape index (κ3) is 6.35. The van der Waals surface area contributed by atoms with E-state index in [0.717, 1.165) is 11.4 Å². The Kier molecular flexibility index (Phi) is 7.52. The van der Waals surface area contributed by atoms with Crippen LogP contribution >= 0.6 is 12.2 Å². The van der Waals surface area contributed by atoms with Crippen molar-refractivity contribution in [2.45, 2.75) is 20.8 Å². The van der Waals surface area contributed by atoms with Crippen molar-refractivity contribution in [1.82, 2.24) is 5.32 Å². The van der Waals surface area contributed by atoms with Gasteiger partial charge in [-0.2, -0.15) is 0 Å². The van der Waals surface area contributed by atoms with Crippen molar-refractivity contribution in [3.05, 3.63) is 54.1 Å². The van der Waals surface area contributed by atoms with E-state index in [4.69, 9.17) is 17.0 Å². The summed E-state index contributed by atoms with van der Waals surface area (Å²) in [5, 5.41) is 5.79. The van der Waals surface area contributed by atoms with Crippen LogP contribution in [0.5, 0.6) is 5.75 Å². The van der Waals surface area contributed by atoms with Crippen LogP contribution in [0.2, 0.25) is 0 Å². The van der Waals surface area contributed by atoms with E-state index in [2.05, 4.69) is 24.5 Å². The molecule has 0 fully saturated rings. The minimum atomic E-state index is -0.305. The molecule has 0 heterocycles. The third-order valence-electron chi connectivity index (χ3n) is 3.91. The second kappa shape index (κ2) is 9.85. The lowest BCUT2D eigenvalue weighted by atomic mass is 10.2. The summed E-state index contributed by atoms with van der Waals surface area (Å²) in [5.41, 5.74) is 1.97. The Bertz CT molecular complexity index is 833. The summed E-state index contributed by atoms with van der Waals surface area (Å²) in [5.74, 6) is 0.801. The number of rotatable bonds is 6. The van der Waals surface area contributed by atoms with Crippen LogP contribution in [0.4, 0.5) is 11.4 Å². The molecular formula is C21H25N3O3S. The number of anilines is 2. The first-order valence-corrected chi connectivity index (χ1v) is 9.36. The molecule has 2 aromatic carbocycles. The molecule has 2 N–H and O–H groups in total. The summed E-state index contributed by atoms with van der Waals surface area (Å²) in [7, 11) is 1.70. The molecule has 0 bridgehead atoms. The number of nitrogens with one attached hydrogen (secondary N) is 2. The van der Waals surface area contributed by atoms with Crippen molar-refractivity contribution in [2.24, 2.45) is 5.92 Å². The first kappa shape index (κ1) is 21.4. The zero-order chi connectivity index (χ0) is 20.7. The lowest BCUT2D eigenvalue weighted by Crippen LogP contribution is -2.34. The van der Waals surface area contributed by atoms with E-state index in [9.17, 15) is 9.59 Å². The number of hydrogen-bond donors (Lipinski definition) is 2. The minimum Gasteiger partial charge on any atom is -0.493 e. The predicted molar refractivity (Wildman–Crippen MR) is 116 cm³/mol. The molecular weight excluding hydrogens is 374 g/mol. The van der Waals surface area contributed by atoms with E-state index in [1.807, 2.05) is 0 Å². The molecule has 0 saturated heterocycles. The largest absolute Gasteiger partial charge is 0.493 e. The Balaban J connectivity index is 1.90. The maximum absolute atomic E-state index is 12.3. The van der Waals surface area contributed by atoms with Crippen LogP contribution in [0.25, 0.3) is 0 Å². The Morgan fingerprint density at radius 2 is 1.68 bits per heavy atom. The molecule has 0 spiro atoms. The lowest BCUT2D eigenvalue weighted by molar-refractivity contribution is -0.116. The molecule has 28 heavy (non-hydrogen) atoms. The molecule has 0 aliphatic heterocycles. The molecule has 2 aromatic rings. The summed E-state index contributed by atoms with van der Waals surface area (Å²) in [6, 6.07) is 14.1. The van der Waals surface area contributed by atoms with E-state index in [1.54, 1.807) is 60.5 Å². The van der Waals surface area contributed by atoms with Crippen LogP contribution in [0.15, 0.2) is 48.5 Å². The van der Waals surface area contributed by atoms with E-state index in [-0.39, 0.29) is 16.9 Å². The molecule has 0 radical (unpaired) electrons. The fourth-order valence-electron chi connectivity index (χ4n) is 2.25. The quantitative estimate of drug-likeness (QED) is 0.723. The van der Waals surface area contributed by atoms with Gasteiger partial charge < -0.3 is 15.0 Å². The molecule has 0 aliphatic rings. The van der Waals surface area contributed by atoms with Gasteiger partial charge in [0.25, 0.3) is 5.91 Å². The molecule has 2 rings (SSSR count). The number of hydrogen-bond acceptors (Lipinski definition) is 4. The molecule has 2 amide bonds. The van der Waals surface area contributed by atoms with Gasteiger partial charge in [-0.05, 0) is 66.7 Å². The van der Waals surface area contributed by atoms with E-state index >= 15 is 0 Å². The number of carbonyl (C=O) groups excluding carboxylic acids is 2. The van der Waals surface area contributed by atoms with E-state index in [1.165, 1.54) is 6.92 Å². The van der Waals surface area contributed by atoms with Crippen molar-refractivity contribution in [2.75, 3.05) is 23.9 Å². The van der Waals surface area contributed by atoms with Gasteiger partial charge in [0, 0.05) is 30.9 Å². The summed E-state index contributed by atoms with van der Waals surface area (Å²) >= 11 is 5.20. The summed E-state index contributed by atoms with van der Waals surface area (Å²) in [6.45, 7) is 6.27. The van der Waals surface area contributed by atoms with Gasteiger partial charge in [0.05, 0.1) is 6.61 Å². The van der Waals surface area contributed by atoms with Gasteiger partial charge in [-0.15, -0.1) is 0 Å². The van der Waals surface area contributed by atoms with Gasteiger partial charge in [0.15, 0.2) is 5.11 Å². The second-order valence-corrected chi connectivity index (χ2v) is 7.17. The maximum Gasteiger partial charge on any atom is 0.257 e. The van der Waals surface area contributed by atoms with Crippen molar-refractivity contribution in [3.8, 4) is 5.75 Å². The lowest BCUT2D eigenvalue weighted by Gasteiger charge is -2.16. The normalized spacial score (nSPS) is 10.3. The standard InChI is InChI=1S/C21H25N3O3S/c1-14(2)13-27-19-11-5-16(6-12-19)20(26)23-21(28)22-17-7-9-18(10-8-17)24(4)15(3)25/h5-12,14H,13H2,1-4H3,(H2,22,23,26,28). The molecule has 0 atom stereocenters. The minimum absolute atomic E-state index is 0.0517.